The number of halogens is 2. The van der Waals surface area contributed by atoms with E-state index in [1.165, 1.54) is 12.1 Å². The molecule has 1 aliphatic heterocycles. The van der Waals surface area contributed by atoms with Crippen molar-refractivity contribution in [1.29, 1.82) is 0 Å². The summed E-state index contributed by atoms with van der Waals surface area (Å²) in [5, 5.41) is 2.84. The van der Waals surface area contributed by atoms with Crippen LogP contribution >= 0.6 is 0 Å². The van der Waals surface area contributed by atoms with Crippen molar-refractivity contribution in [3.63, 3.8) is 0 Å². The zero-order valence-corrected chi connectivity index (χ0v) is 13.3. The maximum absolute atomic E-state index is 13.1. The van der Waals surface area contributed by atoms with E-state index in [0.29, 0.717) is 18.9 Å². The molecule has 0 aliphatic carbocycles. The second-order valence-corrected chi connectivity index (χ2v) is 5.94. The molecule has 0 spiro atoms. The summed E-state index contributed by atoms with van der Waals surface area (Å²) < 4.78 is 32.4. The summed E-state index contributed by atoms with van der Waals surface area (Å²) in [6.07, 6.45) is 4.18. The summed E-state index contributed by atoms with van der Waals surface area (Å²) in [6, 6.07) is 6.57. The normalized spacial score (nSPS) is 20.5. The number of ether oxygens (including phenoxy) is 1. The highest BCUT2D eigenvalue weighted by molar-refractivity contribution is 5.93. The summed E-state index contributed by atoms with van der Waals surface area (Å²) in [7, 11) is 0. The van der Waals surface area contributed by atoms with Crippen LogP contribution in [-0.2, 0) is 11.2 Å². The van der Waals surface area contributed by atoms with Crippen LogP contribution in [0.3, 0.4) is 0 Å². The van der Waals surface area contributed by atoms with Gasteiger partial charge in [-0.1, -0.05) is 0 Å². The molecule has 128 valence electrons. The lowest BCUT2D eigenvalue weighted by Gasteiger charge is -2.20. The first-order valence-corrected chi connectivity index (χ1v) is 7.79. The Labute approximate surface area is 138 Å². The minimum absolute atomic E-state index is 0.0305. The second-order valence-electron chi connectivity index (χ2n) is 5.94. The van der Waals surface area contributed by atoms with Gasteiger partial charge >= 0.3 is 6.55 Å². The van der Waals surface area contributed by atoms with E-state index < -0.39 is 12.5 Å². The van der Waals surface area contributed by atoms with E-state index in [9.17, 15) is 13.6 Å². The van der Waals surface area contributed by atoms with Crippen LogP contribution < -0.4 is 5.32 Å². The maximum Gasteiger partial charge on any atom is 0.319 e. The van der Waals surface area contributed by atoms with Gasteiger partial charge in [0.2, 0.25) is 0 Å². The minimum atomic E-state index is -2.74. The third-order valence-corrected chi connectivity index (χ3v) is 4.31. The van der Waals surface area contributed by atoms with Gasteiger partial charge in [-0.25, -0.2) is 0 Å². The summed E-state index contributed by atoms with van der Waals surface area (Å²) in [5.41, 5.74) is 1.43. The molecule has 1 amide bonds. The fourth-order valence-corrected chi connectivity index (χ4v) is 3.02. The number of aromatic nitrogens is 2. The second kappa shape index (κ2) is 7.09. The number of carbonyl (C=O) groups is 1. The molecule has 24 heavy (non-hydrogen) atoms. The topological polar surface area (TPSA) is 56.1 Å². The van der Waals surface area contributed by atoms with E-state index in [4.69, 9.17) is 4.74 Å². The van der Waals surface area contributed by atoms with Gasteiger partial charge in [0.25, 0.3) is 5.91 Å². The molecule has 2 atom stereocenters. The number of nitrogens with one attached hydrogen (secondary N) is 1. The highest BCUT2D eigenvalue weighted by Gasteiger charge is 2.31. The standard InChI is InChI=1S/C17H19F2N3O2/c1-11-2-3-15(22(11)17(18)19)16(23)21-14-10-24-9-13(14)8-12-4-6-20-7-5-12/h2-7,13-14,17H,8-10H2,1H3,(H,21,23)/t13-,14+/m1/s1. The molecule has 0 unspecified atom stereocenters. The van der Waals surface area contributed by atoms with Crippen LogP contribution in [0.5, 0.6) is 0 Å². The van der Waals surface area contributed by atoms with Crippen LogP contribution in [0.25, 0.3) is 0 Å². The number of amides is 1. The molecule has 1 aliphatic rings. The molecule has 2 aromatic heterocycles. The quantitative estimate of drug-likeness (QED) is 0.914. The van der Waals surface area contributed by atoms with Gasteiger partial charge in [0.05, 0.1) is 19.3 Å². The van der Waals surface area contributed by atoms with Crippen LogP contribution in [0.2, 0.25) is 0 Å². The van der Waals surface area contributed by atoms with Crippen molar-refractivity contribution in [3.05, 3.63) is 53.6 Å². The van der Waals surface area contributed by atoms with Crippen molar-refractivity contribution in [2.24, 2.45) is 5.92 Å². The zero-order chi connectivity index (χ0) is 17.1. The molecule has 0 aromatic carbocycles. The predicted octanol–water partition coefficient (Wildman–Crippen LogP) is 2.57. The Morgan fingerprint density at radius 1 is 1.33 bits per heavy atom. The lowest BCUT2D eigenvalue weighted by atomic mass is 9.95. The third-order valence-electron chi connectivity index (χ3n) is 4.31. The van der Waals surface area contributed by atoms with Crippen LogP contribution in [0, 0.1) is 12.8 Å². The number of hydrogen-bond acceptors (Lipinski definition) is 3. The molecule has 5 nitrogen and oxygen atoms in total. The average molecular weight is 335 g/mol. The largest absolute Gasteiger partial charge is 0.379 e. The number of pyridine rings is 1. The van der Waals surface area contributed by atoms with Gasteiger partial charge in [0.1, 0.15) is 5.69 Å². The third kappa shape index (κ3) is 3.46. The molecule has 3 heterocycles. The van der Waals surface area contributed by atoms with Gasteiger partial charge in [-0.15, -0.1) is 0 Å². The van der Waals surface area contributed by atoms with Gasteiger partial charge in [-0.2, -0.15) is 8.78 Å². The smallest absolute Gasteiger partial charge is 0.319 e. The van der Waals surface area contributed by atoms with Gasteiger partial charge in [-0.3, -0.25) is 14.3 Å². The monoisotopic (exact) mass is 335 g/mol. The summed E-state index contributed by atoms with van der Waals surface area (Å²) in [4.78, 5) is 16.4. The SMILES string of the molecule is Cc1ccc(C(=O)N[C@H]2COC[C@H]2Cc2ccncc2)n1C(F)F. The van der Waals surface area contributed by atoms with E-state index in [1.807, 2.05) is 12.1 Å². The van der Waals surface area contributed by atoms with E-state index in [2.05, 4.69) is 10.3 Å². The fourth-order valence-electron chi connectivity index (χ4n) is 3.02. The van der Waals surface area contributed by atoms with Crippen LogP contribution in [0.1, 0.15) is 28.3 Å². The Balaban J connectivity index is 1.69. The molecular formula is C17H19F2N3O2. The molecule has 1 saturated heterocycles. The highest BCUT2D eigenvalue weighted by atomic mass is 19.3. The Hall–Kier alpha value is -2.28. The molecule has 0 radical (unpaired) electrons. The minimum Gasteiger partial charge on any atom is -0.379 e. The van der Waals surface area contributed by atoms with Crippen molar-refractivity contribution < 1.29 is 18.3 Å². The summed E-state index contributed by atoms with van der Waals surface area (Å²) in [5.74, 6) is -0.397. The summed E-state index contributed by atoms with van der Waals surface area (Å²) in [6.45, 7) is -0.278. The Morgan fingerprint density at radius 2 is 2.08 bits per heavy atom. The first-order chi connectivity index (χ1) is 11.6. The van der Waals surface area contributed by atoms with Crippen LogP contribution in [0.4, 0.5) is 8.78 Å². The van der Waals surface area contributed by atoms with E-state index >= 15 is 0 Å². The van der Waals surface area contributed by atoms with Crippen LogP contribution in [0.15, 0.2) is 36.7 Å². The molecule has 2 aromatic rings. The predicted molar refractivity (Wildman–Crippen MR) is 83.9 cm³/mol. The first-order valence-electron chi connectivity index (χ1n) is 7.79. The van der Waals surface area contributed by atoms with Crippen molar-refractivity contribution in [2.75, 3.05) is 13.2 Å². The van der Waals surface area contributed by atoms with E-state index in [1.54, 1.807) is 19.3 Å². The molecule has 0 saturated carbocycles. The number of carbonyl (C=O) groups excluding carboxylic acids is 1. The van der Waals surface area contributed by atoms with Gasteiger partial charge in [0, 0.05) is 24.0 Å². The lowest BCUT2D eigenvalue weighted by Crippen LogP contribution is -2.41. The molecule has 1 fully saturated rings. The average Bonchev–Trinajstić information content (AvgIpc) is 3.15. The number of aryl methyl sites for hydroxylation is 1. The Morgan fingerprint density at radius 3 is 2.79 bits per heavy atom. The summed E-state index contributed by atoms with van der Waals surface area (Å²) >= 11 is 0. The number of rotatable bonds is 5. The maximum atomic E-state index is 13.1. The van der Waals surface area contributed by atoms with E-state index in [0.717, 1.165) is 16.6 Å². The number of alkyl halides is 2. The molecule has 1 N–H and O–H groups in total. The highest BCUT2D eigenvalue weighted by Crippen LogP contribution is 2.22. The van der Waals surface area contributed by atoms with Gasteiger partial charge in [-0.05, 0) is 43.2 Å². The zero-order valence-electron chi connectivity index (χ0n) is 13.3. The van der Waals surface area contributed by atoms with Crippen molar-refractivity contribution in [3.8, 4) is 0 Å². The molecule has 7 heteroatoms. The van der Waals surface area contributed by atoms with Crippen LogP contribution in [-0.4, -0.2) is 34.7 Å². The molecule has 3 rings (SSSR count). The number of nitrogens with zero attached hydrogens (tertiary/aromatic N) is 2. The first kappa shape index (κ1) is 16.6. The fraction of sp³-hybridized carbons (Fsp3) is 0.412. The lowest BCUT2D eigenvalue weighted by molar-refractivity contribution is 0.0612. The molecular weight excluding hydrogens is 316 g/mol. The Kier molecular flexibility index (Phi) is 4.89. The van der Waals surface area contributed by atoms with Crippen molar-refractivity contribution in [2.45, 2.75) is 25.9 Å². The van der Waals surface area contributed by atoms with Gasteiger partial charge in [0.15, 0.2) is 0 Å². The Bertz CT molecular complexity index is 703. The van der Waals surface area contributed by atoms with Gasteiger partial charge < -0.3 is 10.1 Å². The van der Waals surface area contributed by atoms with Crippen molar-refractivity contribution in [1.82, 2.24) is 14.9 Å². The number of hydrogen-bond donors (Lipinski definition) is 1. The van der Waals surface area contributed by atoms with E-state index in [-0.39, 0.29) is 17.7 Å². The molecule has 0 bridgehead atoms. The van der Waals surface area contributed by atoms with Crippen molar-refractivity contribution >= 4 is 5.91 Å².